The molecule has 35 heavy (non-hydrogen) atoms. The Morgan fingerprint density at radius 1 is 0.943 bits per heavy atom. The molecule has 0 spiro atoms. The van der Waals surface area contributed by atoms with Crippen molar-refractivity contribution >= 4 is 45.0 Å². The highest BCUT2D eigenvalue weighted by Gasteiger charge is 2.27. The van der Waals surface area contributed by atoms with Gasteiger partial charge in [-0.25, -0.2) is 13.1 Å². The lowest BCUT2D eigenvalue weighted by atomic mass is 10.1. The van der Waals surface area contributed by atoms with E-state index in [-0.39, 0.29) is 5.75 Å². The zero-order valence-electron chi connectivity index (χ0n) is 18.9. The molecule has 1 heterocycles. The number of thioether (sulfide) groups is 1. The maximum Gasteiger partial charge on any atom is 0.211 e. The van der Waals surface area contributed by atoms with Gasteiger partial charge in [-0.15, -0.1) is 10.2 Å². The molecule has 4 aromatic rings. The highest BCUT2D eigenvalue weighted by Crippen LogP contribution is 2.33. The zero-order chi connectivity index (χ0) is 24.8. The normalized spacial score (nSPS) is 12.5. The predicted octanol–water partition coefficient (Wildman–Crippen LogP) is 6.09. The predicted molar refractivity (Wildman–Crippen MR) is 143 cm³/mol. The van der Waals surface area contributed by atoms with Gasteiger partial charge in [0.15, 0.2) is 11.0 Å². The molecule has 1 unspecified atom stereocenters. The van der Waals surface area contributed by atoms with Crippen molar-refractivity contribution < 1.29 is 8.42 Å². The van der Waals surface area contributed by atoms with Crippen LogP contribution >= 0.6 is 35.0 Å². The molecule has 0 aliphatic rings. The number of nitrogens with zero attached hydrogens (tertiary/aromatic N) is 3. The van der Waals surface area contributed by atoms with Gasteiger partial charge < -0.3 is 0 Å². The summed E-state index contributed by atoms with van der Waals surface area (Å²) in [4.78, 5) is 0. The molecule has 10 heteroatoms. The minimum absolute atomic E-state index is 0.0518. The van der Waals surface area contributed by atoms with E-state index in [4.69, 9.17) is 23.2 Å². The Balaban J connectivity index is 1.80. The Labute approximate surface area is 219 Å². The van der Waals surface area contributed by atoms with Crippen molar-refractivity contribution in [1.82, 2.24) is 19.5 Å². The van der Waals surface area contributed by atoms with Crippen LogP contribution in [0.4, 0.5) is 0 Å². The standard InChI is InChI=1S/C25H24Cl2N4O2S2/c1-2-35(32,33)30-22(15-18-9-5-3-6-10-18)24-28-29-25(34-17-19-11-7-4-8-12-19)31(24)23-14-13-20(26)16-21(23)27/h3-14,16,22,30H,2,15,17H2,1H3. The minimum atomic E-state index is -3.54. The zero-order valence-corrected chi connectivity index (χ0v) is 22.1. The molecule has 182 valence electrons. The molecule has 1 N–H and O–H groups in total. The Hall–Kier alpha value is -2.36. The molecular formula is C25H24Cl2N4O2S2. The van der Waals surface area contributed by atoms with E-state index in [0.29, 0.717) is 38.9 Å². The lowest BCUT2D eigenvalue weighted by Gasteiger charge is -2.20. The number of aromatic nitrogens is 3. The molecule has 6 nitrogen and oxygen atoms in total. The summed E-state index contributed by atoms with van der Waals surface area (Å²) < 4.78 is 29.9. The fraction of sp³-hybridized carbons (Fsp3) is 0.200. The van der Waals surface area contributed by atoms with Crippen molar-refractivity contribution in [2.45, 2.75) is 30.3 Å². The molecule has 0 bridgehead atoms. The van der Waals surface area contributed by atoms with E-state index in [9.17, 15) is 8.42 Å². The summed E-state index contributed by atoms with van der Waals surface area (Å²) >= 11 is 14.2. The number of rotatable bonds is 10. The Morgan fingerprint density at radius 3 is 2.23 bits per heavy atom. The Bertz CT molecular complexity index is 1380. The number of nitrogens with one attached hydrogen (secondary N) is 1. The van der Waals surface area contributed by atoms with Crippen LogP contribution in [0.1, 0.15) is 29.9 Å². The van der Waals surface area contributed by atoms with Crippen molar-refractivity contribution in [3.63, 3.8) is 0 Å². The van der Waals surface area contributed by atoms with Gasteiger partial charge in [0.1, 0.15) is 0 Å². The van der Waals surface area contributed by atoms with E-state index in [0.717, 1.165) is 11.1 Å². The van der Waals surface area contributed by atoms with Crippen LogP contribution in [0.15, 0.2) is 84.0 Å². The van der Waals surface area contributed by atoms with Gasteiger partial charge in [-0.2, -0.15) is 0 Å². The van der Waals surface area contributed by atoms with E-state index in [2.05, 4.69) is 14.9 Å². The summed E-state index contributed by atoms with van der Waals surface area (Å²) in [6.45, 7) is 1.60. The smallest absolute Gasteiger partial charge is 0.211 e. The van der Waals surface area contributed by atoms with Gasteiger partial charge in [-0.05, 0) is 42.7 Å². The fourth-order valence-corrected chi connectivity index (χ4v) is 5.74. The Kier molecular flexibility index (Phi) is 8.51. The summed E-state index contributed by atoms with van der Waals surface area (Å²) in [5.74, 6) is 1.06. The van der Waals surface area contributed by atoms with Crippen molar-refractivity contribution in [2.24, 2.45) is 0 Å². The lowest BCUT2D eigenvalue weighted by molar-refractivity contribution is 0.538. The molecule has 0 fully saturated rings. The van der Waals surface area contributed by atoms with Crippen LogP contribution in [0.5, 0.6) is 0 Å². The van der Waals surface area contributed by atoms with E-state index < -0.39 is 16.1 Å². The molecule has 1 aromatic heterocycles. The van der Waals surface area contributed by atoms with Crippen molar-refractivity contribution in [3.05, 3.63) is 106 Å². The molecule has 1 atom stereocenters. The summed E-state index contributed by atoms with van der Waals surface area (Å²) in [6.07, 6.45) is 0.396. The molecular weight excluding hydrogens is 523 g/mol. The summed E-state index contributed by atoms with van der Waals surface area (Å²) in [6, 6.07) is 24.2. The number of hydrogen-bond acceptors (Lipinski definition) is 5. The number of benzene rings is 3. The second-order valence-electron chi connectivity index (χ2n) is 7.81. The molecule has 0 aliphatic carbocycles. The van der Waals surface area contributed by atoms with Gasteiger partial charge in [-0.3, -0.25) is 4.57 Å². The van der Waals surface area contributed by atoms with Crippen LogP contribution in [0.2, 0.25) is 10.0 Å². The van der Waals surface area contributed by atoms with Gasteiger partial charge >= 0.3 is 0 Å². The lowest BCUT2D eigenvalue weighted by Crippen LogP contribution is -2.33. The average molecular weight is 548 g/mol. The van der Waals surface area contributed by atoms with E-state index >= 15 is 0 Å². The van der Waals surface area contributed by atoms with Crippen molar-refractivity contribution in [3.8, 4) is 5.69 Å². The van der Waals surface area contributed by atoms with E-state index in [1.807, 2.05) is 65.2 Å². The molecule has 4 rings (SSSR count). The van der Waals surface area contributed by atoms with Crippen LogP contribution in [0, 0.1) is 0 Å². The third kappa shape index (κ3) is 6.65. The van der Waals surface area contributed by atoms with Gasteiger partial charge in [-0.1, -0.05) is 95.6 Å². The molecule has 0 saturated heterocycles. The highest BCUT2D eigenvalue weighted by atomic mass is 35.5. The Morgan fingerprint density at radius 2 is 1.60 bits per heavy atom. The first-order valence-electron chi connectivity index (χ1n) is 11.0. The molecule has 3 aromatic carbocycles. The third-order valence-electron chi connectivity index (χ3n) is 5.32. The topological polar surface area (TPSA) is 76.9 Å². The van der Waals surface area contributed by atoms with Crippen LogP contribution in [0.25, 0.3) is 5.69 Å². The van der Waals surface area contributed by atoms with Crippen LogP contribution < -0.4 is 4.72 Å². The van der Waals surface area contributed by atoms with E-state index in [1.54, 1.807) is 25.1 Å². The monoisotopic (exact) mass is 546 g/mol. The SMILES string of the molecule is CCS(=O)(=O)NC(Cc1ccccc1)c1nnc(SCc2ccccc2)n1-c1ccc(Cl)cc1Cl. The summed E-state index contributed by atoms with van der Waals surface area (Å²) in [5, 5.41) is 10.4. The quantitative estimate of drug-likeness (QED) is 0.243. The molecule has 0 amide bonds. The minimum Gasteiger partial charge on any atom is -0.271 e. The first kappa shape index (κ1) is 25.7. The highest BCUT2D eigenvalue weighted by molar-refractivity contribution is 7.98. The largest absolute Gasteiger partial charge is 0.271 e. The maximum absolute atomic E-state index is 12.6. The van der Waals surface area contributed by atoms with Gasteiger partial charge in [0.25, 0.3) is 0 Å². The second kappa shape index (κ2) is 11.6. The average Bonchev–Trinajstić information content (AvgIpc) is 3.27. The number of halogens is 2. The van der Waals surface area contributed by atoms with Gasteiger partial charge in [0, 0.05) is 10.8 Å². The summed E-state index contributed by atoms with van der Waals surface area (Å²) in [7, 11) is -3.54. The maximum atomic E-state index is 12.6. The van der Waals surface area contributed by atoms with E-state index in [1.165, 1.54) is 11.8 Å². The van der Waals surface area contributed by atoms with Crippen molar-refractivity contribution in [1.29, 1.82) is 0 Å². The first-order chi connectivity index (χ1) is 16.9. The van der Waals surface area contributed by atoms with Crippen LogP contribution in [-0.4, -0.2) is 28.9 Å². The second-order valence-corrected chi connectivity index (χ2v) is 11.6. The number of sulfonamides is 1. The number of hydrogen-bond donors (Lipinski definition) is 1. The van der Waals surface area contributed by atoms with Crippen molar-refractivity contribution in [2.75, 3.05) is 5.75 Å². The van der Waals surface area contributed by atoms with Gasteiger partial charge in [0.05, 0.1) is 22.5 Å². The fourth-order valence-electron chi connectivity index (χ4n) is 3.55. The van der Waals surface area contributed by atoms with Crippen LogP contribution in [0.3, 0.4) is 0 Å². The van der Waals surface area contributed by atoms with Gasteiger partial charge in [0.2, 0.25) is 10.0 Å². The first-order valence-corrected chi connectivity index (χ1v) is 14.4. The molecule has 0 radical (unpaired) electrons. The molecule has 0 aliphatic heterocycles. The molecule has 0 saturated carbocycles. The third-order valence-corrected chi connectivity index (χ3v) is 8.26. The summed E-state index contributed by atoms with van der Waals surface area (Å²) in [5.41, 5.74) is 2.72. The van der Waals surface area contributed by atoms with Crippen LogP contribution in [-0.2, 0) is 22.2 Å².